The van der Waals surface area contributed by atoms with Gasteiger partial charge in [0.15, 0.2) is 5.84 Å². The first-order valence-electron chi connectivity index (χ1n) is 11.9. The molecule has 7 nitrogen and oxygen atoms in total. The van der Waals surface area contributed by atoms with Gasteiger partial charge in [-0.2, -0.15) is 4.99 Å². The molecule has 0 amide bonds. The topological polar surface area (TPSA) is 86.6 Å². The van der Waals surface area contributed by atoms with E-state index in [0.717, 1.165) is 38.2 Å². The molecule has 2 heterocycles. The van der Waals surface area contributed by atoms with E-state index in [1.54, 1.807) is 25.3 Å². The molecule has 34 heavy (non-hydrogen) atoms. The Hall–Kier alpha value is -3.45. The van der Waals surface area contributed by atoms with Gasteiger partial charge in [0.05, 0.1) is 7.11 Å². The smallest absolute Gasteiger partial charge is 0.245 e. The number of nitrogens with one attached hydrogen (secondary N) is 2. The zero-order valence-electron chi connectivity index (χ0n) is 20.4. The highest BCUT2D eigenvalue weighted by Gasteiger charge is 2.14. The molecule has 0 aliphatic heterocycles. The monoisotopic (exact) mass is 461 g/mol. The van der Waals surface area contributed by atoms with Crippen molar-refractivity contribution in [3.8, 4) is 11.6 Å². The number of rotatable bonds is 12. The largest absolute Gasteiger partial charge is 0.481 e. The van der Waals surface area contributed by atoms with Crippen LogP contribution in [0.15, 0.2) is 65.8 Å². The Kier molecular flexibility index (Phi) is 9.85. The first-order valence-corrected chi connectivity index (χ1v) is 11.9. The molecule has 1 aromatic carbocycles. The summed E-state index contributed by atoms with van der Waals surface area (Å²) in [6.07, 6.45) is 6.52. The molecule has 0 spiro atoms. The van der Waals surface area contributed by atoms with Crippen molar-refractivity contribution < 1.29 is 9.47 Å². The molecular formula is C27H35N5O2. The van der Waals surface area contributed by atoms with E-state index in [-0.39, 0.29) is 5.84 Å². The summed E-state index contributed by atoms with van der Waals surface area (Å²) in [7, 11) is 1.55. The molecule has 2 N–H and O–H groups in total. The number of benzene rings is 1. The highest BCUT2D eigenvalue weighted by atomic mass is 16.5. The normalized spacial score (nSPS) is 11.6. The van der Waals surface area contributed by atoms with Crippen molar-refractivity contribution >= 4 is 11.7 Å². The summed E-state index contributed by atoms with van der Waals surface area (Å²) in [6, 6.07) is 16.8. The summed E-state index contributed by atoms with van der Waals surface area (Å²) in [5.41, 5.74) is 2.32. The molecule has 0 aliphatic carbocycles. The van der Waals surface area contributed by atoms with E-state index in [1.807, 2.05) is 36.5 Å². The average Bonchev–Trinajstić information content (AvgIpc) is 3.35. The lowest BCUT2D eigenvalue weighted by Crippen LogP contribution is -2.28. The van der Waals surface area contributed by atoms with Gasteiger partial charge in [-0.15, -0.1) is 0 Å². The fourth-order valence-electron chi connectivity index (χ4n) is 3.58. The number of aliphatic imine (C=N–C) groups is 1. The summed E-state index contributed by atoms with van der Waals surface area (Å²) in [5, 5.41) is 8.50. The molecule has 3 rings (SSSR count). The minimum absolute atomic E-state index is 0.00494. The van der Waals surface area contributed by atoms with Crippen LogP contribution in [0.1, 0.15) is 50.1 Å². The number of amidine groups is 1. The number of hydrogen-bond acceptors (Lipinski definition) is 5. The predicted molar refractivity (Wildman–Crippen MR) is 137 cm³/mol. The molecule has 0 fully saturated rings. The van der Waals surface area contributed by atoms with Crippen LogP contribution >= 0.6 is 0 Å². The number of para-hydroxylation sites is 1. The van der Waals surface area contributed by atoms with Gasteiger partial charge < -0.3 is 19.4 Å². The second kappa shape index (κ2) is 13.3. The third-order valence-electron chi connectivity index (χ3n) is 5.40. The first kappa shape index (κ1) is 25.2. The summed E-state index contributed by atoms with van der Waals surface area (Å²) < 4.78 is 11.3. The number of pyridine rings is 1. The second-order valence-electron chi connectivity index (χ2n) is 8.11. The lowest BCUT2D eigenvalue weighted by Gasteiger charge is -2.20. The van der Waals surface area contributed by atoms with Crippen molar-refractivity contribution in [2.45, 2.75) is 39.5 Å². The summed E-state index contributed by atoms with van der Waals surface area (Å²) >= 11 is 0. The number of unbranched alkanes of at least 4 members (excludes halogenated alkanes) is 1. The molecule has 0 saturated carbocycles. The molecule has 0 unspecified atom stereocenters. The zero-order chi connectivity index (χ0) is 24.2. The van der Waals surface area contributed by atoms with Gasteiger partial charge in [0.25, 0.3) is 0 Å². The second-order valence-corrected chi connectivity index (χ2v) is 8.11. The van der Waals surface area contributed by atoms with Crippen molar-refractivity contribution in [3.05, 3.63) is 77.7 Å². The number of H-pyrrole nitrogens is 1. The highest BCUT2D eigenvalue weighted by molar-refractivity contribution is 6.07. The molecule has 0 saturated heterocycles. The van der Waals surface area contributed by atoms with Crippen LogP contribution in [0.3, 0.4) is 0 Å². The Morgan fingerprint density at radius 1 is 1.03 bits per heavy atom. The number of nitrogens with zero attached hydrogens (tertiary/aromatic N) is 3. The highest BCUT2D eigenvalue weighted by Crippen LogP contribution is 2.15. The van der Waals surface area contributed by atoms with E-state index < -0.39 is 0 Å². The van der Waals surface area contributed by atoms with Gasteiger partial charge in [0, 0.05) is 18.8 Å². The predicted octanol–water partition coefficient (Wildman–Crippen LogP) is 5.32. The quantitative estimate of drug-likeness (QED) is 0.282. The third-order valence-corrected chi connectivity index (χ3v) is 5.40. The van der Waals surface area contributed by atoms with Crippen LogP contribution in [0.5, 0.6) is 11.6 Å². The van der Waals surface area contributed by atoms with Gasteiger partial charge in [0.1, 0.15) is 17.1 Å². The van der Waals surface area contributed by atoms with E-state index in [1.165, 1.54) is 18.4 Å². The number of aromatic nitrogens is 2. The summed E-state index contributed by atoms with van der Waals surface area (Å²) in [6.45, 7) is 7.72. The molecule has 3 aromatic rings. The molecule has 7 heteroatoms. The lowest BCUT2D eigenvalue weighted by molar-refractivity contribution is 0.273. The zero-order valence-corrected chi connectivity index (χ0v) is 20.4. The Morgan fingerprint density at radius 3 is 2.59 bits per heavy atom. The fourth-order valence-corrected chi connectivity index (χ4v) is 3.58. The Balaban J connectivity index is 1.80. The van der Waals surface area contributed by atoms with Gasteiger partial charge in [-0.25, -0.2) is 4.98 Å². The Labute approximate surface area is 202 Å². The van der Waals surface area contributed by atoms with Crippen molar-refractivity contribution in [1.82, 2.24) is 14.9 Å². The maximum atomic E-state index is 8.50. The maximum absolute atomic E-state index is 8.50. The van der Waals surface area contributed by atoms with E-state index >= 15 is 0 Å². The van der Waals surface area contributed by atoms with Crippen LogP contribution in [-0.2, 0) is 6.42 Å². The van der Waals surface area contributed by atoms with Crippen LogP contribution in [-0.4, -0.2) is 53.3 Å². The molecule has 180 valence electrons. The number of methoxy groups -OCH3 is 1. The van der Waals surface area contributed by atoms with E-state index in [2.05, 4.69) is 39.8 Å². The number of aromatic amines is 1. The standard InChI is InChI=1S/C27H35N5O2/c1-4-6-17-32(16-5-2)18-15-21-19-24(29-20-21)27(34-22-11-8-7-9-12-22)31-26(28)23-13-10-14-25(30-23)33-3/h7-14,19-20,28-29H,4-6,15-18H2,1-3H3/b28-26?,31-27+. The molecule has 0 atom stereocenters. The number of hydrogen-bond donors (Lipinski definition) is 2. The van der Waals surface area contributed by atoms with Crippen LogP contribution in [0.2, 0.25) is 0 Å². The third kappa shape index (κ3) is 7.56. The van der Waals surface area contributed by atoms with Crippen molar-refractivity contribution in [2.24, 2.45) is 4.99 Å². The van der Waals surface area contributed by atoms with Gasteiger partial charge in [-0.1, -0.05) is 44.5 Å². The molecule has 0 radical (unpaired) electrons. The van der Waals surface area contributed by atoms with Crippen molar-refractivity contribution in [3.63, 3.8) is 0 Å². The average molecular weight is 462 g/mol. The molecule has 0 aliphatic rings. The first-order chi connectivity index (χ1) is 16.6. The van der Waals surface area contributed by atoms with Gasteiger partial charge in [0.2, 0.25) is 11.8 Å². The minimum atomic E-state index is -0.00494. The van der Waals surface area contributed by atoms with Crippen LogP contribution in [0.4, 0.5) is 0 Å². The van der Waals surface area contributed by atoms with Crippen molar-refractivity contribution in [2.75, 3.05) is 26.7 Å². The minimum Gasteiger partial charge on any atom is -0.481 e. The van der Waals surface area contributed by atoms with Gasteiger partial charge >= 0.3 is 0 Å². The summed E-state index contributed by atoms with van der Waals surface area (Å²) in [5.74, 6) is 1.40. The van der Waals surface area contributed by atoms with Gasteiger partial charge in [-0.3, -0.25) is 5.41 Å². The van der Waals surface area contributed by atoms with Crippen LogP contribution in [0.25, 0.3) is 0 Å². The van der Waals surface area contributed by atoms with E-state index in [9.17, 15) is 0 Å². The Bertz CT molecular complexity index is 1060. The summed E-state index contributed by atoms with van der Waals surface area (Å²) in [4.78, 5) is 14.6. The van der Waals surface area contributed by atoms with Crippen molar-refractivity contribution in [1.29, 1.82) is 5.41 Å². The molecule has 0 bridgehead atoms. The van der Waals surface area contributed by atoms with E-state index in [4.69, 9.17) is 14.9 Å². The lowest BCUT2D eigenvalue weighted by atomic mass is 10.2. The Morgan fingerprint density at radius 2 is 1.85 bits per heavy atom. The van der Waals surface area contributed by atoms with Crippen LogP contribution < -0.4 is 9.47 Å². The fraction of sp³-hybridized carbons (Fsp3) is 0.370. The molecule has 2 aromatic heterocycles. The van der Waals surface area contributed by atoms with Gasteiger partial charge in [-0.05, 0) is 62.2 Å². The van der Waals surface area contributed by atoms with E-state index in [0.29, 0.717) is 23.2 Å². The molecular weight excluding hydrogens is 426 g/mol. The number of ether oxygens (including phenoxy) is 2. The SMILES string of the molecule is CCCCN(CCC)CCc1c[nH]c(/C(=N\C(=N)c2cccc(OC)n2)Oc2ccccc2)c1. The van der Waals surface area contributed by atoms with Crippen LogP contribution in [0, 0.1) is 5.41 Å². The maximum Gasteiger partial charge on any atom is 0.245 e.